The van der Waals surface area contributed by atoms with E-state index in [0.717, 1.165) is 16.4 Å². The van der Waals surface area contributed by atoms with E-state index in [1.165, 1.54) is 32.3 Å². The summed E-state index contributed by atoms with van der Waals surface area (Å²) < 4.78 is 65.7. The molecule has 0 amide bonds. The minimum atomic E-state index is -3.80. The van der Waals surface area contributed by atoms with Crippen LogP contribution in [0.1, 0.15) is 23.9 Å². The van der Waals surface area contributed by atoms with E-state index in [-0.39, 0.29) is 35.4 Å². The first-order valence-electron chi connectivity index (χ1n) is 9.21. The maximum Gasteiger partial charge on any atom is 0.260 e. The summed E-state index contributed by atoms with van der Waals surface area (Å²) in [4.78, 5) is 12.1. The van der Waals surface area contributed by atoms with Crippen LogP contribution < -0.4 is 15.2 Å². The van der Waals surface area contributed by atoms with E-state index in [4.69, 9.17) is 15.2 Å². The van der Waals surface area contributed by atoms with Gasteiger partial charge >= 0.3 is 0 Å². The molecule has 1 aromatic carbocycles. The SMILES string of the molecule is CN1C(N)=N[C@](C)(c2cc(/C=C(\F)c3ncc4c(n3)OCCO4)ccc2F)CS1(=O)=O. The Hall–Kier alpha value is -3.28. The number of rotatable bonds is 3. The Morgan fingerprint density at radius 3 is 2.81 bits per heavy atom. The first-order valence-corrected chi connectivity index (χ1v) is 10.8. The third-order valence-electron chi connectivity index (χ3n) is 4.94. The highest BCUT2D eigenvalue weighted by Gasteiger charge is 2.41. The number of hydrogen-bond acceptors (Lipinski definition) is 8. The molecule has 4 rings (SSSR count). The predicted molar refractivity (Wildman–Crippen MR) is 109 cm³/mol. The Bertz CT molecular complexity index is 1220. The number of fused-ring (bicyclic) bond motifs is 1. The zero-order valence-corrected chi connectivity index (χ0v) is 17.5. The maximum atomic E-state index is 14.8. The Balaban J connectivity index is 1.72. The number of aliphatic imine (C=N–C) groups is 1. The molecule has 0 fully saturated rings. The Morgan fingerprint density at radius 2 is 2.06 bits per heavy atom. The van der Waals surface area contributed by atoms with Crippen LogP contribution in [0.15, 0.2) is 29.4 Å². The first kappa shape index (κ1) is 21.0. The summed E-state index contributed by atoms with van der Waals surface area (Å²) in [7, 11) is -2.53. The second-order valence-corrected chi connectivity index (χ2v) is 9.26. The number of halogens is 2. The molecule has 3 heterocycles. The van der Waals surface area contributed by atoms with Crippen LogP contribution in [-0.4, -0.2) is 54.7 Å². The third kappa shape index (κ3) is 3.90. The van der Waals surface area contributed by atoms with E-state index in [9.17, 15) is 17.2 Å². The molecule has 1 atom stereocenters. The van der Waals surface area contributed by atoms with Crippen molar-refractivity contribution in [1.29, 1.82) is 0 Å². The number of sulfonamides is 1. The normalized spacial score (nSPS) is 22.8. The summed E-state index contributed by atoms with van der Waals surface area (Å²) in [6, 6.07) is 3.78. The number of ether oxygens (including phenoxy) is 2. The molecule has 0 bridgehead atoms. The van der Waals surface area contributed by atoms with Crippen LogP contribution in [-0.2, 0) is 15.6 Å². The molecule has 0 saturated heterocycles. The molecular formula is C19H19F2N5O4S. The van der Waals surface area contributed by atoms with E-state index in [2.05, 4.69) is 15.0 Å². The minimum absolute atomic E-state index is 0.0308. The average molecular weight is 451 g/mol. The maximum absolute atomic E-state index is 14.8. The summed E-state index contributed by atoms with van der Waals surface area (Å²) in [6.45, 7) is 2.09. The number of benzene rings is 1. The van der Waals surface area contributed by atoms with Crippen LogP contribution in [0.25, 0.3) is 11.9 Å². The summed E-state index contributed by atoms with van der Waals surface area (Å²) in [5.74, 6) is -2.01. The molecule has 2 N–H and O–H groups in total. The molecule has 2 aliphatic heterocycles. The van der Waals surface area contributed by atoms with E-state index < -0.39 is 33.0 Å². The summed E-state index contributed by atoms with van der Waals surface area (Å²) >= 11 is 0. The lowest BCUT2D eigenvalue weighted by Crippen LogP contribution is -2.50. The van der Waals surface area contributed by atoms with E-state index >= 15 is 0 Å². The number of aromatic nitrogens is 2. The topological polar surface area (TPSA) is 120 Å². The quantitative estimate of drug-likeness (QED) is 0.754. The smallest absolute Gasteiger partial charge is 0.260 e. The highest BCUT2D eigenvalue weighted by Crippen LogP contribution is 2.35. The van der Waals surface area contributed by atoms with Gasteiger partial charge in [-0.25, -0.2) is 31.5 Å². The number of nitrogens with two attached hydrogens (primary N) is 1. The highest BCUT2D eigenvalue weighted by molar-refractivity contribution is 7.89. The first-order chi connectivity index (χ1) is 14.6. The molecule has 1 aromatic heterocycles. The van der Waals surface area contributed by atoms with E-state index in [1.807, 2.05) is 0 Å². The molecule has 31 heavy (non-hydrogen) atoms. The van der Waals surface area contributed by atoms with Crippen molar-refractivity contribution in [3.05, 3.63) is 47.2 Å². The fourth-order valence-corrected chi connectivity index (χ4v) is 4.76. The summed E-state index contributed by atoms with van der Waals surface area (Å²) in [6.07, 6.45) is 2.41. The summed E-state index contributed by atoms with van der Waals surface area (Å²) in [5, 5.41) is 0. The van der Waals surface area contributed by atoms with Gasteiger partial charge in [-0.1, -0.05) is 6.07 Å². The van der Waals surface area contributed by atoms with Crippen molar-refractivity contribution >= 4 is 27.9 Å². The lowest BCUT2D eigenvalue weighted by molar-refractivity contribution is 0.163. The van der Waals surface area contributed by atoms with Crippen molar-refractivity contribution in [1.82, 2.24) is 14.3 Å². The molecule has 2 aromatic rings. The van der Waals surface area contributed by atoms with E-state index in [1.54, 1.807) is 0 Å². The molecule has 0 saturated carbocycles. The zero-order valence-electron chi connectivity index (χ0n) is 16.7. The van der Waals surface area contributed by atoms with Crippen molar-refractivity contribution in [3.63, 3.8) is 0 Å². The Labute approximate surface area is 177 Å². The largest absolute Gasteiger partial charge is 0.483 e. The number of guanidine groups is 1. The average Bonchev–Trinajstić information content (AvgIpc) is 2.72. The monoisotopic (exact) mass is 451 g/mol. The molecule has 9 nitrogen and oxygen atoms in total. The van der Waals surface area contributed by atoms with Crippen molar-refractivity contribution in [2.24, 2.45) is 10.7 Å². The van der Waals surface area contributed by atoms with Crippen LogP contribution in [0.3, 0.4) is 0 Å². The van der Waals surface area contributed by atoms with Gasteiger partial charge in [0.25, 0.3) is 5.88 Å². The van der Waals surface area contributed by atoms with Gasteiger partial charge in [0.1, 0.15) is 24.6 Å². The van der Waals surface area contributed by atoms with Crippen molar-refractivity contribution in [2.75, 3.05) is 26.0 Å². The molecule has 2 aliphatic rings. The molecule has 164 valence electrons. The second-order valence-electron chi connectivity index (χ2n) is 7.26. The fourth-order valence-electron chi connectivity index (χ4n) is 3.31. The summed E-state index contributed by atoms with van der Waals surface area (Å²) in [5.41, 5.74) is 4.48. The van der Waals surface area contributed by atoms with Crippen LogP contribution in [0.5, 0.6) is 11.6 Å². The van der Waals surface area contributed by atoms with Gasteiger partial charge in [0.05, 0.1) is 11.9 Å². The van der Waals surface area contributed by atoms with Crippen molar-refractivity contribution in [2.45, 2.75) is 12.5 Å². The van der Waals surface area contributed by atoms with Crippen molar-refractivity contribution in [3.8, 4) is 11.6 Å². The van der Waals surface area contributed by atoms with Crippen LogP contribution >= 0.6 is 0 Å². The van der Waals surface area contributed by atoms with E-state index in [0.29, 0.717) is 12.4 Å². The van der Waals surface area contributed by atoms with Gasteiger partial charge in [-0.2, -0.15) is 4.98 Å². The van der Waals surface area contributed by atoms with Gasteiger partial charge in [0.2, 0.25) is 16.0 Å². The Kier molecular flexibility index (Phi) is 5.04. The molecule has 0 aliphatic carbocycles. The van der Waals surface area contributed by atoms with Crippen LogP contribution in [0, 0.1) is 5.82 Å². The predicted octanol–water partition coefficient (Wildman–Crippen LogP) is 1.66. The fraction of sp³-hybridized carbons (Fsp3) is 0.316. The van der Waals surface area contributed by atoms with Gasteiger partial charge in [0, 0.05) is 12.6 Å². The molecule has 0 spiro atoms. The standard InChI is InChI=1S/C19H19F2N5O4S/c1-19(10-31(27,28)26(2)18(22)25-19)12-7-11(3-4-13(12)20)8-14(21)16-23-9-15-17(24-16)30-6-5-29-15/h3-4,7-9H,5-6,10H2,1-2H3,(H2,22,25)/b14-8-/t19-/m0/s1. The van der Waals surface area contributed by atoms with Crippen LogP contribution in [0.4, 0.5) is 8.78 Å². The molecule has 0 unspecified atom stereocenters. The highest BCUT2D eigenvalue weighted by atomic mass is 32.2. The van der Waals surface area contributed by atoms with Gasteiger partial charge < -0.3 is 15.2 Å². The molecule has 12 heteroatoms. The van der Waals surface area contributed by atoms with Crippen molar-refractivity contribution < 1.29 is 26.7 Å². The minimum Gasteiger partial charge on any atom is -0.483 e. The second kappa shape index (κ2) is 7.45. The van der Waals surface area contributed by atoms with Gasteiger partial charge in [-0.05, 0) is 30.7 Å². The lowest BCUT2D eigenvalue weighted by Gasteiger charge is -2.34. The molecular weight excluding hydrogens is 432 g/mol. The lowest BCUT2D eigenvalue weighted by atomic mass is 9.92. The van der Waals surface area contributed by atoms with Gasteiger partial charge in [-0.15, -0.1) is 0 Å². The van der Waals surface area contributed by atoms with Gasteiger partial charge in [0.15, 0.2) is 17.4 Å². The van der Waals surface area contributed by atoms with Crippen LogP contribution in [0.2, 0.25) is 0 Å². The molecule has 0 radical (unpaired) electrons. The third-order valence-corrected chi connectivity index (χ3v) is 6.89. The zero-order chi connectivity index (χ0) is 22.4. The number of hydrogen-bond donors (Lipinski definition) is 1. The Morgan fingerprint density at radius 1 is 1.32 bits per heavy atom. The van der Waals surface area contributed by atoms with Gasteiger partial charge in [-0.3, -0.25) is 0 Å². The number of nitrogens with zero attached hydrogens (tertiary/aromatic N) is 4.